The van der Waals surface area contributed by atoms with E-state index in [2.05, 4.69) is 5.32 Å². The van der Waals surface area contributed by atoms with Crippen molar-refractivity contribution in [1.82, 2.24) is 0 Å². The third kappa shape index (κ3) is 4.42. The number of nitro benzene ring substituents is 1. The summed E-state index contributed by atoms with van der Waals surface area (Å²) in [6.07, 6.45) is -2.28. The van der Waals surface area contributed by atoms with Gasteiger partial charge in [0.15, 0.2) is 0 Å². The number of carbonyl (C=O) groups excluding carboxylic acids is 1. The smallest absolute Gasteiger partial charge is 0.317 e. The maximum absolute atomic E-state index is 12.6. The molecular weight excluding hydrogens is 325 g/mol. The number of hydrogen-bond acceptors (Lipinski definition) is 3. The normalized spacial score (nSPS) is 11.5. The number of nitrogens with zero attached hydrogens (tertiary/aromatic N) is 1. The van der Waals surface area contributed by atoms with E-state index in [9.17, 15) is 28.1 Å². The van der Waals surface area contributed by atoms with Crippen LogP contribution in [0.4, 0.5) is 24.5 Å². The number of anilines is 1. The molecule has 0 aliphatic rings. The zero-order valence-electron chi connectivity index (χ0n) is 12.1. The van der Waals surface area contributed by atoms with Crippen LogP contribution in [0.15, 0.2) is 54.6 Å². The SMILES string of the molecule is O=C(C=Cc1cccc(C(F)(F)F)c1)Nc1ccccc1[N+](=O)[O-]. The number of carbonyl (C=O) groups is 1. The fourth-order valence-electron chi connectivity index (χ4n) is 1.90. The molecule has 1 amide bonds. The van der Waals surface area contributed by atoms with Crippen molar-refractivity contribution >= 4 is 23.4 Å². The van der Waals surface area contributed by atoms with Crippen LogP contribution in [0.1, 0.15) is 11.1 Å². The maximum Gasteiger partial charge on any atom is 0.416 e. The Bertz CT molecular complexity index is 801. The van der Waals surface area contributed by atoms with Crippen molar-refractivity contribution in [2.45, 2.75) is 6.18 Å². The number of amides is 1. The van der Waals surface area contributed by atoms with Gasteiger partial charge in [0, 0.05) is 12.1 Å². The molecule has 0 spiro atoms. The minimum atomic E-state index is -4.48. The lowest BCUT2D eigenvalue weighted by Gasteiger charge is -2.06. The summed E-state index contributed by atoms with van der Waals surface area (Å²) in [5, 5.41) is 13.2. The summed E-state index contributed by atoms with van der Waals surface area (Å²) in [6.45, 7) is 0. The Morgan fingerprint density at radius 3 is 2.50 bits per heavy atom. The Hall–Kier alpha value is -3.16. The highest BCUT2D eigenvalue weighted by atomic mass is 19.4. The molecule has 0 radical (unpaired) electrons. The summed E-state index contributed by atoms with van der Waals surface area (Å²) in [5.74, 6) is -0.693. The fraction of sp³-hybridized carbons (Fsp3) is 0.0625. The number of nitro groups is 1. The third-order valence-corrected chi connectivity index (χ3v) is 3.00. The first-order chi connectivity index (χ1) is 11.3. The lowest BCUT2D eigenvalue weighted by molar-refractivity contribution is -0.383. The van der Waals surface area contributed by atoms with Crippen molar-refractivity contribution in [2.24, 2.45) is 0 Å². The van der Waals surface area contributed by atoms with Crippen molar-refractivity contribution in [3.63, 3.8) is 0 Å². The van der Waals surface area contributed by atoms with Gasteiger partial charge in [-0.2, -0.15) is 13.2 Å². The molecule has 5 nitrogen and oxygen atoms in total. The molecular formula is C16H11F3N2O3. The van der Waals surface area contributed by atoms with Gasteiger partial charge in [-0.3, -0.25) is 14.9 Å². The lowest BCUT2D eigenvalue weighted by atomic mass is 10.1. The molecule has 0 fully saturated rings. The van der Waals surface area contributed by atoms with E-state index in [1.807, 2.05) is 0 Å². The topological polar surface area (TPSA) is 72.2 Å². The van der Waals surface area contributed by atoms with E-state index < -0.39 is 22.6 Å². The zero-order valence-corrected chi connectivity index (χ0v) is 12.1. The van der Waals surface area contributed by atoms with Crippen LogP contribution in [-0.2, 0) is 11.0 Å². The summed E-state index contributed by atoms with van der Waals surface area (Å²) < 4.78 is 37.8. The van der Waals surface area contributed by atoms with E-state index in [-0.39, 0.29) is 16.9 Å². The minimum Gasteiger partial charge on any atom is -0.317 e. The van der Waals surface area contributed by atoms with E-state index in [0.717, 1.165) is 18.2 Å². The summed E-state index contributed by atoms with van der Waals surface area (Å²) in [6, 6.07) is 10.00. The first-order valence-corrected chi connectivity index (χ1v) is 6.67. The molecule has 0 aliphatic carbocycles. The number of para-hydroxylation sites is 2. The van der Waals surface area contributed by atoms with Crippen molar-refractivity contribution < 1.29 is 22.9 Å². The summed E-state index contributed by atoms with van der Waals surface area (Å²) in [4.78, 5) is 22.0. The van der Waals surface area contributed by atoms with Gasteiger partial charge in [-0.1, -0.05) is 24.3 Å². The van der Waals surface area contributed by atoms with Gasteiger partial charge in [0.05, 0.1) is 10.5 Å². The second-order valence-corrected chi connectivity index (χ2v) is 4.72. The molecule has 0 aliphatic heterocycles. The molecule has 2 aromatic rings. The van der Waals surface area contributed by atoms with Crippen LogP contribution < -0.4 is 5.32 Å². The Morgan fingerprint density at radius 2 is 1.83 bits per heavy atom. The van der Waals surface area contributed by atoms with Crippen LogP contribution in [0.25, 0.3) is 6.08 Å². The van der Waals surface area contributed by atoms with Crippen LogP contribution >= 0.6 is 0 Å². The van der Waals surface area contributed by atoms with Crippen LogP contribution in [-0.4, -0.2) is 10.8 Å². The average molecular weight is 336 g/mol. The van der Waals surface area contributed by atoms with Crippen LogP contribution in [0, 0.1) is 10.1 Å². The highest BCUT2D eigenvalue weighted by molar-refractivity contribution is 6.03. The first-order valence-electron chi connectivity index (χ1n) is 6.67. The molecule has 2 aromatic carbocycles. The largest absolute Gasteiger partial charge is 0.416 e. The Balaban J connectivity index is 2.13. The van der Waals surface area contributed by atoms with Crippen molar-refractivity contribution in [3.8, 4) is 0 Å². The predicted octanol–water partition coefficient (Wildman–Crippen LogP) is 4.27. The van der Waals surface area contributed by atoms with Crippen molar-refractivity contribution in [3.05, 3.63) is 75.8 Å². The van der Waals surface area contributed by atoms with Gasteiger partial charge in [0.25, 0.3) is 5.69 Å². The Labute approximate surface area is 134 Å². The Morgan fingerprint density at radius 1 is 1.12 bits per heavy atom. The Kier molecular flexibility index (Phi) is 4.98. The third-order valence-electron chi connectivity index (χ3n) is 3.00. The maximum atomic E-state index is 12.6. The molecule has 0 aromatic heterocycles. The predicted molar refractivity (Wildman–Crippen MR) is 82.2 cm³/mol. The molecule has 0 saturated carbocycles. The summed E-state index contributed by atoms with van der Waals surface area (Å²) >= 11 is 0. The van der Waals surface area contributed by atoms with Gasteiger partial charge in [-0.05, 0) is 29.8 Å². The number of rotatable bonds is 4. The van der Waals surface area contributed by atoms with Gasteiger partial charge in [0.2, 0.25) is 5.91 Å². The lowest BCUT2D eigenvalue weighted by Crippen LogP contribution is -2.09. The van der Waals surface area contributed by atoms with Crippen molar-refractivity contribution in [2.75, 3.05) is 5.32 Å². The second-order valence-electron chi connectivity index (χ2n) is 4.72. The zero-order chi connectivity index (χ0) is 17.7. The van der Waals surface area contributed by atoms with Crippen LogP contribution in [0.3, 0.4) is 0 Å². The number of alkyl halides is 3. The second kappa shape index (κ2) is 6.95. The quantitative estimate of drug-likeness (QED) is 0.515. The van der Waals surface area contributed by atoms with E-state index in [4.69, 9.17) is 0 Å². The molecule has 1 N–H and O–H groups in total. The number of nitrogens with one attached hydrogen (secondary N) is 1. The van der Waals surface area contributed by atoms with E-state index >= 15 is 0 Å². The molecule has 0 heterocycles. The summed E-state index contributed by atoms with van der Waals surface area (Å²) in [7, 11) is 0. The van der Waals surface area contributed by atoms with E-state index in [1.54, 1.807) is 0 Å². The van der Waals surface area contributed by atoms with E-state index in [0.29, 0.717) is 0 Å². The summed E-state index contributed by atoms with van der Waals surface area (Å²) in [5.41, 5.74) is -0.925. The molecule has 0 saturated heterocycles. The van der Waals surface area contributed by atoms with Gasteiger partial charge in [-0.15, -0.1) is 0 Å². The molecule has 124 valence electrons. The molecule has 0 bridgehead atoms. The van der Waals surface area contributed by atoms with Crippen molar-refractivity contribution in [1.29, 1.82) is 0 Å². The van der Waals surface area contributed by atoms with Gasteiger partial charge < -0.3 is 5.32 Å². The first kappa shape index (κ1) is 17.2. The highest BCUT2D eigenvalue weighted by Gasteiger charge is 2.30. The standard InChI is InChI=1S/C16H11F3N2O3/c17-16(18,19)12-5-3-4-11(10-12)8-9-15(22)20-13-6-1-2-7-14(13)21(23)24/h1-10H,(H,20,22). The molecule has 0 atom stereocenters. The van der Waals surface area contributed by atoms with Crippen LogP contribution in [0.2, 0.25) is 0 Å². The molecule has 2 rings (SSSR count). The van der Waals surface area contributed by atoms with E-state index in [1.165, 1.54) is 42.5 Å². The van der Waals surface area contributed by atoms with Gasteiger partial charge >= 0.3 is 6.18 Å². The number of halogens is 3. The molecule has 24 heavy (non-hydrogen) atoms. The minimum absolute atomic E-state index is 0.00110. The van der Waals surface area contributed by atoms with Gasteiger partial charge in [-0.25, -0.2) is 0 Å². The highest BCUT2D eigenvalue weighted by Crippen LogP contribution is 2.29. The number of hydrogen-bond donors (Lipinski definition) is 1. The van der Waals surface area contributed by atoms with Gasteiger partial charge in [0.1, 0.15) is 5.69 Å². The number of benzene rings is 2. The molecule has 0 unspecified atom stereocenters. The fourth-order valence-corrected chi connectivity index (χ4v) is 1.90. The monoisotopic (exact) mass is 336 g/mol. The average Bonchev–Trinajstić information content (AvgIpc) is 2.53. The molecule has 8 heteroatoms. The van der Waals surface area contributed by atoms with Crippen LogP contribution in [0.5, 0.6) is 0 Å².